The summed E-state index contributed by atoms with van der Waals surface area (Å²) in [7, 11) is 0. The zero-order valence-electron chi connectivity index (χ0n) is 23.6. The Morgan fingerprint density at radius 2 is 1.41 bits per heavy atom. The molecule has 41 heavy (non-hydrogen) atoms. The van der Waals surface area contributed by atoms with Gasteiger partial charge in [0.05, 0.1) is 5.56 Å². The van der Waals surface area contributed by atoms with Gasteiger partial charge in [0, 0.05) is 36.7 Å². The fraction of sp³-hybridized carbons (Fsp3) is 0.257. The first-order valence-electron chi connectivity index (χ1n) is 14.4. The molecule has 1 fully saturated rings. The number of amides is 3. The summed E-state index contributed by atoms with van der Waals surface area (Å²) in [6.45, 7) is 4.30. The second-order valence-corrected chi connectivity index (χ2v) is 10.8. The van der Waals surface area contributed by atoms with Crippen LogP contribution in [0.4, 0.5) is 21.9 Å². The molecule has 210 valence electrons. The lowest BCUT2D eigenvalue weighted by Gasteiger charge is -2.35. The number of anilines is 3. The third kappa shape index (κ3) is 7.98. The van der Waals surface area contributed by atoms with E-state index in [9.17, 15) is 9.59 Å². The van der Waals surface area contributed by atoms with Gasteiger partial charge in [0.2, 0.25) is 0 Å². The van der Waals surface area contributed by atoms with Gasteiger partial charge in [-0.1, -0.05) is 72.8 Å². The maximum absolute atomic E-state index is 13.5. The molecule has 1 saturated heterocycles. The number of nitrogens with one attached hydrogen (secondary N) is 3. The van der Waals surface area contributed by atoms with Gasteiger partial charge in [0.25, 0.3) is 5.91 Å². The Hall–Kier alpha value is -4.58. The van der Waals surface area contributed by atoms with Gasteiger partial charge in [-0.25, -0.2) is 4.79 Å². The third-order valence-electron chi connectivity index (χ3n) is 7.64. The van der Waals surface area contributed by atoms with Crippen molar-refractivity contribution in [2.45, 2.75) is 32.6 Å². The van der Waals surface area contributed by atoms with Gasteiger partial charge < -0.3 is 20.9 Å². The molecule has 6 heteroatoms. The normalized spacial score (nSPS) is 13.4. The van der Waals surface area contributed by atoms with Crippen LogP contribution in [0.1, 0.15) is 39.9 Å². The molecule has 4 aromatic carbocycles. The van der Waals surface area contributed by atoms with Crippen LogP contribution in [-0.4, -0.2) is 31.6 Å². The number of aryl methyl sites for hydroxylation is 1. The van der Waals surface area contributed by atoms with Crippen LogP contribution in [0.5, 0.6) is 0 Å². The molecule has 0 unspecified atom stereocenters. The lowest BCUT2D eigenvalue weighted by Crippen LogP contribution is -2.36. The maximum atomic E-state index is 13.5. The monoisotopic (exact) mass is 546 g/mol. The summed E-state index contributed by atoms with van der Waals surface area (Å²) in [5.74, 6) is 0.494. The summed E-state index contributed by atoms with van der Waals surface area (Å²) >= 11 is 0. The molecule has 6 nitrogen and oxygen atoms in total. The zero-order valence-corrected chi connectivity index (χ0v) is 23.6. The molecule has 0 radical (unpaired) electrons. The zero-order chi connectivity index (χ0) is 28.4. The number of carbonyl (C=O) groups is 2. The van der Waals surface area contributed by atoms with E-state index >= 15 is 0 Å². The summed E-state index contributed by atoms with van der Waals surface area (Å²) in [6.07, 6.45) is 3.98. The molecule has 0 atom stereocenters. The minimum absolute atomic E-state index is 0.134. The molecule has 3 N–H and O–H groups in total. The van der Waals surface area contributed by atoms with E-state index in [2.05, 4.69) is 63.3 Å². The first-order chi connectivity index (χ1) is 20.0. The predicted molar refractivity (Wildman–Crippen MR) is 168 cm³/mol. The highest BCUT2D eigenvalue weighted by molar-refractivity contribution is 6.04. The van der Waals surface area contributed by atoms with Crippen molar-refractivity contribution in [3.63, 3.8) is 0 Å². The minimum Gasteiger partial charge on any atom is -0.371 e. The van der Waals surface area contributed by atoms with Crippen LogP contribution in [0.3, 0.4) is 0 Å². The van der Waals surface area contributed by atoms with Crippen molar-refractivity contribution >= 4 is 29.0 Å². The second kappa shape index (κ2) is 13.7. The summed E-state index contributed by atoms with van der Waals surface area (Å²) in [5.41, 5.74) is 6.40. The van der Waals surface area contributed by atoms with Crippen molar-refractivity contribution in [3.8, 4) is 0 Å². The number of benzene rings is 4. The van der Waals surface area contributed by atoms with Crippen LogP contribution in [0.25, 0.3) is 0 Å². The first kappa shape index (κ1) is 28.0. The summed E-state index contributed by atoms with van der Waals surface area (Å²) in [6, 6.07) is 33.7. The molecule has 0 spiro atoms. The lowest BCUT2D eigenvalue weighted by molar-refractivity contribution is 0.0954. The largest absolute Gasteiger partial charge is 0.371 e. The van der Waals surface area contributed by atoms with Crippen molar-refractivity contribution in [1.82, 2.24) is 5.32 Å². The van der Waals surface area contributed by atoms with Crippen molar-refractivity contribution in [2.75, 3.05) is 35.2 Å². The number of hydrogen-bond acceptors (Lipinski definition) is 3. The maximum Gasteiger partial charge on any atom is 0.323 e. The molecule has 4 aromatic rings. The van der Waals surface area contributed by atoms with E-state index in [0.29, 0.717) is 23.7 Å². The van der Waals surface area contributed by atoms with E-state index in [1.54, 1.807) is 6.07 Å². The number of urea groups is 1. The number of piperidine rings is 1. The molecule has 0 aliphatic carbocycles. The van der Waals surface area contributed by atoms with Gasteiger partial charge >= 0.3 is 6.03 Å². The molecule has 0 saturated carbocycles. The summed E-state index contributed by atoms with van der Waals surface area (Å²) in [5, 5.41) is 8.88. The predicted octanol–water partition coefficient (Wildman–Crippen LogP) is 7.07. The fourth-order valence-electron chi connectivity index (χ4n) is 5.47. The minimum atomic E-state index is -0.347. The van der Waals surface area contributed by atoms with Crippen LogP contribution in [0.2, 0.25) is 0 Å². The number of carbonyl (C=O) groups excluding carboxylic acids is 2. The Kier molecular flexibility index (Phi) is 9.32. The van der Waals surface area contributed by atoms with Crippen LogP contribution >= 0.6 is 0 Å². The van der Waals surface area contributed by atoms with Crippen molar-refractivity contribution in [2.24, 2.45) is 5.92 Å². The van der Waals surface area contributed by atoms with E-state index in [0.717, 1.165) is 55.7 Å². The Balaban J connectivity index is 1.28. The number of rotatable bonds is 9. The van der Waals surface area contributed by atoms with Crippen LogP contribution in [-0.2, 0) is 12.8 Å². The van der Waals surface area contributed by atoms with Crippen LogP contribution < -0.4 is 20.9 Å². The molecule has 5 rings (SSSR count). The van der Waals surface area contributed by atoms with E-state index in [1.807, 2.05) is 61.5 Å². The van der Waals surface area contributed by atoms with Crippen LogP contribution in [0.15, 0.2) is 103 Å². The van der Waals surface area contributed by atoms with E-state index in [4.69, 9.17) is 0 Å². The summed E-state index contributed by atoms with van der Waals surface area (Å²) < 4.78 is 0. The SMILES string of the molecule is Cc1cccc(NC(=O)Nc2ccc(N3CCC(Cc4ccccc4)CC3)c(C(=O)NCCc3ccccc3)c2)c1. The summed E-state index contributed by atoms with van der Waals surface area (Å²) in [4.78, 5) is 28.6. The van der Waals surface area contributed by atoms with Gasteiger partial charge in [-0.2, -0.15) is 0 Å². The molecule has 0 bridgehead atoms. The third-order valence-corrected chi connectivity index (χ3v) is 7.64. The highest BCUT2D eigenvalue weighted by Gasteiger charge is 2.24. The Labute approximate surface area is 242 Å². The van der Waals surface area contributed by atoms with Crippen molar-refractivity contribution in [3.05, 3.63) is 125 Å². The average Bonchev–Trinajstić information content (AvgIpc) is 2.98. The van der Waals surface area contributed by atoms with Gasteiger partial charge in [-0.05, 0) is 85.5 Å². The Bertz CT molecular complexity index is 1450. The van der Waals surface area contributed by atoms with Crippen molar-refractivity contribution in [1.29, 1.82) is 0 Å². The number of nitrogens with zero attached hydrogens (tertiary/aromatic N) is 1. The van der Waals surface area contributed by atoms with E-state index in [1.165, 1.54) is 11.1 Å². The number of hydrogen-bond donors (Lipinski definition) is 3. The molecular formula is C35H38N4O2. The molecule has 3 amide bonds. The second-order valence-electron chi connectivity index (χ2n) is 10.8. The Morgan fingerprint density at radius 3 is 2.10 bits per heavy atom. The average molecular weight is 547 g/mol. The quantitative estimate of drug-likeness (QED) is 0.210. The van der Waals surface area contributed by atoms with Crippen molar-refractivity contribution < 1.29 is 9.59 Å². The van der Waals surface area contributed by atoms with Gasteiger partial charge in [-0.3, -0.25) is 4.79 Å². The highest BCUT2D eigenvalue weighted by atomic mass is 16.2. The molecule has 1 aliphatic heterocycles. The molecule has 0 aromatic heterocycles. The molecular weight excluding hydrogens is 508 g/mol. The molecule has 1 aliphatic rings. The first-order valence-corrected chi connectivity index (χ1v) is 14.4. The van der Waals surface area contributed by atoms with Gasteiger partial charge in [-0.15, -0.1) is 0 Å². The fourth-order valence-corrected chi connectivity index (χ4v) is 5.47. The standard InChI is InChI=1S/C35H38N4O2/c1-26-9-8-14-30(23-26)37-35(41)38-31-15-16-33(32(25-31)34(40)36-20-17-27-10-4-2-5-11-27)39-21-18-29(19-22-39)24-28-12-6-3-7-13-28/h2-16,23,25,29H,17-22,24H2,1H3,(H,36,40)(H2,37,38,41). The van der Waals surface area contributed by atoms with E-state index < -0.39 is 0 Å². The van der Waals surface area contributed by atoms with E-state index in [-0.39, 0.29) is 11.9 Å². The van der Waals surface area contributed by atoms with Crippen LogP contribution in [0, 0.1) is 12.8 Å². The van der Waals surface area contributed by atoms with Gasteiger partial charge in [0.1, 0.15) is 0 Å². The topological polar surface area (TPSA) is 73.5 Å². The van der Waals surface area contributed by atoms with Gasteiger partial charge in [0.15, 0.2) is 0 Å². The lowest BCUT2D eigenvalue weighted by atomic mass is 9.89. The molecule has 1 heterocycles. The smallest absolute Gasteiger partial charge is 0.323 e. The highest BCUT2D eigenvalue weighted by Crippen LogP contribution is 2.30. The Morgan fingerprint density at radius 1 is 0.756 bits per heavy atom.